The van der Waals surface area contributed by atoms with Crippen molar-refractivity contribution < 1.29 is 23.8 Å². The number of ether oxygens (including phenoxy) is 3. The van der Waals surface area contributed by atoms with Crippen LogP contribution in [0, 0.1) is 11.8 Å². The molecule has 0 heterocycles. The topological polar surface area (TPSA) is 73.9 Å². The molecule has 6 nitrogen and oxygen atoms in total. The Kier molecular flexibility index (Phi) is 8.36. The van der Waals surface area contributed by atoms with Crippen LogP contribution >= 0.6 is 0 Å². The Morgan fingerprint density at radius 2 is 1.96 bits per heavy atom. The Labute approximate surface area is 167 Å². The maximum atomic E-state index is 12.1. The number of hydrogen-bond acceptors (Lipinski definition) is 5. The maximum absolute atomic E-state index is 12.1. The first kappa shape index (κ1) is 21.8. The van der Waals surface area contributed by atoms with Gasteiger partial charge in [0.05, 0.1) is 7.11 Å². The molecule has 0 bridgehead atoms. The van der Waals surface area contributed by atoms with Gasteiger partial charge >= 0.3 is 5.97 Å². The van der Waals surface area contributed by atoms with E-state index in [1.165, 1.54) is 13.5 Å². The summed E-state index contributed by atoms with van der Waals surface area (Å²) in [7, 11) is 1.54. The molecule has 1 aromatic carbocycles. The average molecular weight is 389 g/mol. The van der Waals surface area contributed by atoms with Crippen molar-refractivity contribution in [3.63, 3.8) is 0 Å². The van der Waals surface area contributed by atoms with Gasteiger partial charge in [0.25, 0.3) is 5.91 Å². The van der Waals surface area contributed by atoms with Crippen LogP contribution in [0.1, 0.15) is 45.6 Å². The van der Waals surface area contributed by atoms with E-state index in [1.807, 2.05) is 31.2 Å². The molecular weight excluding hydrogens is 358 g/mol. The Hall–Kier alpha value is -2.50. The summed E-state index contributed by atoms with van der Waals surface area (Å²) in [5.41, 5.74) is 0.970. The fraction of sp³-hybridized carbons (Fsp3) is 0.545. The van der Waals surface area contributed by atoms with Crippen LogP contribution in [0.2, 0.25) is 0 Å². The summed E-state index contributed by atoms with van der Waals surface area (Å²) >= 11 is 0. The molecule has 1 amide bonds. The van der Waals surface area contributed by atoms with Crippen molar-refractivity contribution in [3.05, 3.63) is 29.8 Å². The summed E-state index contributed by atoms with van der Waals surface area (Å²) in [5, 5.41) is 2.98. The SMILES string of the molecule is C/C=C/c1ccc(OCC(=O)OCC(=O)N[C@H]2CCC[C@@H](C)[C@@H]2C)c(OC)c1. The van der Waals surface area contributed by atoms with Crippen LogP contribution < -0.4 is 14.8 Å². The highest BCUT2D eigenvalue weighted by Gasteiger charge is 2.28. The third-order valence-corrected chi connectivity index (χ3v) is 5.31. The molecule has 0 aliphatic heterocycles. The predicted molar refractivity (Wildman–Crippen MR) is 108 cm³/mol. The Morgan fingerprint density at radius 1 is 1.18 bits per heavy atom. The zero-order valence-electron chi connectivity index (χ0n) is 17.2. The highest BCUT2D eigenvalue weighted by molar-refractivity contribution is 5.81. The van der Waals surface area contributed by atoms with E-state index in [0.29, 0.717) is 23.3 Å². The highest BCUT2D eigenvalue weighted by atomic mass is 16.6. The number of allylic oxidation sites excluding steroid dienone is 1. The fourth-order valence-electron chi connectivity index (χ4n) is 3.46. The van der Waals surface area contributed by atoms with E-state index in [9.17, 15) is 9.59 Å². The number of carbonyl (C=O) groups excluding carboxylic acids is 2. The molecule has 0 radical (unpaired) electrons. The van der Waals surface area contributed by atoms with Gasteiger partial charge in [-0.25, -0.2) is 4.79 Å². The first-order valence-electron chi connectivity index (χ1n) is 9.83. The van der Waals surface area contributed by atoms with Crippen LogP contribution in [-0.2, 0) is 14.3 Å². The third kappa shape index (κ3) is 6.29. The van der Waals surface area contributed by atoms with Crippen LogP contribution in [0.3, 0.4) is 0 Å². The molecule has 154 valence electrons. The first-order valence-corrected chi connectivity index (χ1v) is 9.83. The van der Waals surface area contributed by atoms with Crippen molar-refractivity contribution >= 4 is 18.0 Å². The first-order chi connectivity index (χ1) is 13.4. The van der Waals surface area contributed by atoms with Gasteiger partial charge in [-0.15, -0.1) is 0 Å². The molecule has 1 aliphatic rings. The lowest BCUT2D eigenvalue weighted by molar-refractivity contribution is -0.150. The second-order valence-electron chi connectivity index (χ2n) is 7.30. The minimum Gasteiger partial charge on any atom is -0.493 e. The number of rotatable bonds is 8. The van der Waals surface area contributed by atoms with Gasteiger partial charge in [-0.2, -0.15) is 0 Å². The van der Waals surface area contributed by atoms with Gasteiger partial charge in [-0.3, -0.25) is 4.79 Å². The molecule has 3 atom stereocenters. The maximum Gasteiger partial charge on any atom is 0.344 e. The summed E-state index contributed by atoms with van der Waals surface area (Å²) < 4.78 is 15.8. The van der Waals surface area contributed by atoms with E-state index < -0.39 is 5.97 Å². The summed E-state index contributed by atoms with van der Waals surface area (Å²) in [6, 6.07) is 5.56. The van der Waals surface area contributed by atoms with Crippen molar-refractivity contribution in [1.29, 1.82) is 0 Å². The molecule has 1 N–H and O–H groups in total. The average Bonchev–Trinajstić information content (AvgIpc) is 2.69. The summed E-state index contributed by atoms with van der Waals surface area (Å²) in [4.78, 5) is 24.0. The van der Waals surface area contributed by atoms with Crippen molar-refractivity contribution in [1.82, 2.24) is 5.32 Å². The number of carbonyl (C=O) groups is 2. The van der Waals surface area contributed by atoms with E-state index in [4.69, 9.17) is 14.2 Å². The van der Waals surface area contributed by atoms with E-state index in [1.54, 1.807) is 6.07 Å². The molecule has 0 spiro atoms. The summed E-state index contributed by atoms with van der Waals surface area (Å²) in [5.74, 6) is 1.12. The number of nitrogens with one attached hydrogen (secondary N) is 1. The Bertz CT molecular complexity index is 700. The molecular formula is C22H31NO5. The van der Waals surface area contributed by atoms with Gasteiger partial charge in [0.2, 0.25) is 0 Å². The zero-order chi connectivity index (χ0) is 20.5. The molecule has 2 rings (SSSR count). The van der Waals surface area contributed by atoms with Crippen molar-refractivity contribution in [2.45, 2.75) is 46.1 Å². The second-order valence-corrected chi connectivity index (χ2v) is 7.30. The molecule has 28 heavy (non-hydrogen) atoms. The van der Waals surface area contributed by atoms with E-state index >= 15 is 0 Å². The lowest BCUT2D eigenvalue weighted by atomic mass is 9.78. The third-order valence-electron chi connectivity index (χ3n) is 5.31. The van der Waals surface area contributed by atoms with Crippen LogP contribution in [0.4, 0.5) is 0 Å². The predicted octanol–water partition coefficient (Wildman–Crippen LogP) is 3.59. The number of amides is 1. The van der Waals surface area contributed by atoms with Crippen LogP contribution in [0.25, 0.3) is 6.08 Å². The minimum absolute atomic E-state index is 0.145. The van der Waals surface area contributed by atoms with Crippen LogP contribution in [0.5, 0.6) is 11.5 Å². The van der Waals surface area contributed by atoms with Crippen LogP contribution in [-0.4, -0.2) is 38.2 Å². The Balaban J connectivity index is 1.77. The van der Waals surface area contributed by atoms with Crippen molar-refractivity contribution in [3.8, 4) is 11.5 Å². The molecule has 6 heteroatoms. The molecule has 0 unspecified atom stereocenters. The lowest BCUT2D eigenvalue weighted by Crippen LogP contribution is -2.45. The fourth-order valence-corrected chi connectivity index (χ4v) is 3.46. The van der Waals surface area contributed by atoms with E-state index in [-0.39, 0.29) is 25.2 Å². The summed E-state index contributed by atoms with van der Waals surface area (Å²) in [6.45, 7) is 5.71. The van der Waals surface area contributed by atoms with Gasteiger partial charge in [0, 0.05) is 6.04 Å². The lowest BCUT2D eigenvalue weighted by Gasteiger charge is -2.34. The second kappa shape index (κ2) is 10.7. The number of hydrogen-bond donors (Lipinski definition) is 1. The Morgan fingerprint density at radius 3 is 2.68 bits per heavy atom. The number of benzene rings is 1. The van der Waals surface area contributed by atoms with Gasteiger partial charge in [-0.1, -0.05) is 44.9 Å². The normalized spacial score (nSPS) is 21.9. The standard InChI is InChI=1S/C22H31NO5/c1-5-7-17-10-11-19(20(12-17)26-4)27-14-22(25)28-13-21(24)23-18-9-6-8-15(2)16(18)3/h5,7,10-12,15-16,18H,6,8-9,13-14H2,1-4H3,(H,23,24)/b7-5+/t15-,16+,18+/m1/s1. The van der Waals surface area contributed by atoms with E-state index in [0.717, 1.165) is 18.4 Å². The monoisotopic (exact) mass is 389 g/mol. The molecule has 1 saturated carbocycles. The smallest absolute Gasteiger partial charge is 0.344 e. The molecule has 0 saturated heterocycles. The van der Waals surface area contributed by atoms with Crippen molar-refractivity contribution in [2.24, 2.45) is 11.8 Å². The van der Waals surface area contributed by atoms with Crippen LogP contribution in [0.15, 0.2) is 24.3 Å². The van der Waals surface area contributed by atoms with Crippen molar-refractivity contribution in [2.75, 3.05) is 20.3 Å². The number of methoxy groups -OCH3 is 1. The van der Waals surface area contributed by atoms with Gasteiger partial charge < -0.3 is 19.5 Å². The van der Waals surface area contributed by atoms with E-state index in [2.05, 4.69) is 19.2 Å². The quantitative estimate of drug-likeness (QED) is 0.688. The highest BCUT2D eigenvalue weighted by Crippen LogP contribution is 2.30. The minimum atomic E-state index is -0.597. The van der Waals surface area contributed by atoms with Gasteiger partial charge in [0.15, 0.2) is 24.7 Å². The van der Waals surface area contributed by atoms with Gasteiger partial charge in [0.1, 0.15) is 0 Å². The molecule has 0 aromatic heterocycles. The number of esters is 1. The summed E-state index contributed by atoms with van der Waals surface area (Å²) in [6.07, 6.45) is 7.13. The molecule has 1 fully saturated rings. The zero-order valence-corrected chi connectivity index (χ0v) is 17.2. The largest absolute Gasteiger partial charge is 0.493 e. The van der Waals surface area contributed by atoms with Gasteiger partial charge in [-0.05, 0) is 42.9 Å². The molecule has 1 aliphatic carbocycles. The molecule has 1 aromatic rings.